The molecule has 7 nitrogen and oxygen atoms in total. The van der Waals surface area contributed by atoms with E-state index in [4.69, 9.17) is 14.2 Å². The fourth-order valence-corrected chi connectivity index (χ4v) is 4.95. The van der Waals surface area contributed by atoms with Gasteiger partial charge in [0.05, 0.1) is 13.2 Å². The van der Waals surface area contributed by atoms with E-state index in [0.717, 1.165) is 14.9 Å². The molecule has 3 aliphatic rings. The van der Waals surface area contributed by atoms with E-state index < -0.39 is 35.7 Å². The van der Waals surface area contributed by atoms with Gasteiger partial charge in [0.15, 0.2) is 5.78 Å². The molecule has 2 aromatic rings. The van der Waals surface area contributed by atoms with Gasteiger partial charge >= 0.3 is 6.09 Å². The summed E-state index contributed by atoms with van der Waals surface area (Å²) in [5.41, 5.74) is 1.89. The third-order valence-electron chi connectivity index (χ3n) is 6.20. The van der Waals surface area contributed by atoms with Crippen LogP contribution in [0, 0.1) is 11.8 Å². The Morgan fingerprint density at radius 3 is 2.65 bits per heavy atom. The molecule has 0 aromatic heterocycles. The van der Waals surface area contributed by atoms with E-state index in [2.05, 4.69) is 15.9 Å². The Morgan fingerprint density at radius 2 is 1.94 bits per heavy atom. The van der Waals surface area contributed by atoms with Crippen LogP contribution in [0.25, 0.3) is 0 Å². The molecule has 4 atom stereocenters. The number of halogens is 1. The van der Waals surface area contributed by atoms with Gasteiger partial charge in [-0.2, -0.15) is 0 Å². The maximum absolute atomic E-state index is 13.5. The molecule has 0 aliphatic carbocycles. The Bertz CT molecular complexity index is 1070. The normalized spacial score (nSPS) is 29.1. The van der Waals surface area contributed by atoms with Crippen molar-refractivity contribution in [3.8, 4) is 0 Å². The van der Waals surface area contributed by atoms with Gasteiger partial charge in [-0.3, -0.25) is 9.59 Å². The van der Waals surface area contributed by atoms with E-state index in [9.17, 15) is 14.4 Å². The Labute approximate surface area is 187 Å². The van der Waals surface area contributed by atoms with Gasteiger partial charge in [-0.1, -0.05) is 59.3 Å². The van der Waals surface area contributed by atoms with Crippen molar-refractivity contribution in [1.29, 1.82) is 0 Å². The molecule has 2 fully saturated rings. The minimum Gasteiger partial charge on any atom is -0.447 e. The van der Waals surface area contributed by atoms with Crippen molar-refractivity contribution >= 4 is 33.7 Å². The minimum atomic E-state index is -1.47. The van der Waals surface area contributed by atoms with Gasteiger partial charge in [-0.15, -0.1) is 0 Å². The van der Waals surface area contributed by atoms with Crippen LogP contribution >= 0.6 is 15.9 Å². The predicted octanol–water partition coefficient (Wildman–Crippen LogP) is 3.64. The van der Waals surface area contributed by atoms with Crippen LogP contribution in [0.2, 0.25) is 0 Å². The molecule has 8 heteroatoms. The first kappa shape index (κ1) is 20.4. The lowest BCUT2D eigenvalue weighted by Crippen LogP contribution is -2.48. The number of fused-ring (bicyclic) bond motifs is 4. The number of rotatable bonds is 4. The van der Waals surface area contributed by atoms with Crippen molar-refractivity contribution in [2.75, 3.05) is 13.2 Å². The summed E-state index contributed by atoms with van der Waals surface area (Å²) < 4.78 is 18.5. The predicted molar refractivity (Wildman–Crippen MR) is 112 cm³/mol. The zero-order chi connectivity index (χ0) is 21.8. The van der Waals surface area contributed by atoms with Crippen LogP contribution < -0.4 is 0 Å². The number of benzene rings is 2. The summed E-state index contributed by atoms with van der Waals surface area (Å²) in [6.45, 7) is 2.29. The van der Waals surface area contributed by atoms with Crippen molar-refractivity contribution in [3.63, 3.8) is 0 Å². The highest BCUT2D eigenvalue weighted by Crippen LogP contribution is 2.54. The molecule has 0 radical (unpaired) electrons. The van der Waals surface area contributed by atoms with Crippen molar-refractivity contribution in [2.24, 2.45) is 11.8 Å². The number of imide groups is 1. The molecule has 0 spiro atoms. The number of nitrogens with zero attached hydrogens (tertiary/aromatic N) is 1. The number of hydrogen-bond donors (Lipinski definition) is 0. The largest absolute Gasteiger partial charge is 0.447 e. The maximum Gasteiger partial charge on any atom is 0.416 e. The number of carbonyl (C=O) groups is 3. The standard InChI is InChI=1S/C23H20BrNO6/c1-13-18(21(27)25-10-11-29-22(25)28)23(30-12-14-6-8-15(24)9-7-14)17-5-3-2-4-16(17)19(26)20(13)31-23/h2-9,13,18,20H,10-12H2,1H3/t13-,18+,20-,23-/m0/s1. The average molecular weight is 486 g/mol. The number of cyclic esters (lactones) is 1. The highest BCUT2D eigenvalue weighted by atomic mass is 79.9. The summed E-state index contributed by atoms with van der Waals surface area (Å²) in [6.07, 6.45) is -1.51. The quantitative estimate of drug-likeness (QED) is 0.657. The molecule has 5 rings (SSSR count). The monoisotopic (exact) mass is 485 g/mol. The number of amides is 2. The SMILES string of the molecule is C[C@@H]1[C@@H]2O[C@@](OCc3ccc(Br)cc3)(c3ccccc3C2=O)[C@H]1C(=O)N1CCOC1=O. The Morgan fingerprint density at radius 1 is 1.19 bits per heavy atom. The summed E-state index contributed by atoms with van der Waals surface area (Å²) in [7, 11) is 0. The number of carbonyl (C=O) groups excluding carboxylic acids is 3. The van der Waals surface area contributed by atoms with Crippen molar-refractivity contribution < 1.29 is 28.6 Å². The minimum absolute atomic E-state index is 0.151. The molecular weight excluding hydrogens is 466 g/mol. The number of ketones is 1. The van der Waals surface area contributed by atoms with Gasteiger partial charge in [-0.05, 0) is 17.7 Å². The van der Waals surface area contributed by atoms with Crippen LogP contribution in [0.15, 0.2) is 53.0 Å². The van der Waals surface area contributed by atoms with Crippen LogP contribution in [-0.2, 0) is 31.4 Å². The van der Waals surface area contributed by atoms with E-state index in [1.165, 1.54) is 0 Å². The summed E-state index contributed by atoms with van der Waals surface area (Å²) in [5.74, 6) is -3.44. The van der Waals surface area contributed by atoms with Crippen LogP contribution in [0.4, 0.5) is 4.79 Å². The zero-order valence-corrected chi connectivity index (χ0v) is 18.3. The highest BCUT2D eigenvalue weighted by molar-refractivity contribution is 9.10. The van der Waals surface area contributed by atoms with E-state index in [0.29, 0.717) is 11.1 Å². The van der Waals surface area contributed by atoms with Crippen molar-refractivity contribution in [1.82, 2.24) is 4.90 Å². The zero-order valence-electron chi connectivity index (χ0n) is 16.7. The van der Waals surface area contributed by atoms with Crippen molar-refractivity contribution in [2.45, 2.75) is 25.4 Å². The molecule has 0 N–H and O–H groups in total. The van der Waals surface area contributed by atoms with Gasteiger partial charge in [0, 0.05) is 21.5 Å². The van der Waals surface area contributed by atoms with Crippen LogP contribution in [-0.4, -0.2) is 41.9 Å². The van der Waals surface area contributed by atoms with Crippen LogP contribution in [0.3, 0.4) is 0 Å². The Hall–Kier alpha value is -2.55. The lowest BCUT2D eigenvalue weighted by molar-refractivity contribution is -0.257. The smallest absolute Gasteiger partial charge is 0.416 e. The molecule has 2 saturated heterocycles. The summed E-state index contributed by atoms with van der Waals surface area (Å²) >= 11 is 3.41. The molecule has 2 amide bonds. The molecule has 0 saturated carbocycles. The summed E-state index contributed by atoms with van der Waals surface area (Å²) in [5, 5.41) is 0. The van der Waals surface area contributed by atoms with Gasteiger partial charge in [0.1, 0.15) is 18.6 Å². The molecular formula is C23H20BrNO6. The van der Waals surface area contributed by atoms with Gasteiger partial charge < -0.3 is 14.2 Å². The first-order chi connectivity index (χ1) is 14.9. The molecule has 0 unspecified atom stereocenters. The fourth-order valence-electron chi connectivity index (χ4n) is 4.69. The fraction of sp³-hybridized carbons (Fsp3) is 0.348. The Kier molecular flexibility index (Phi) is 4.96. The van der Waals surface area contributed by atoms with Crippen LogP contribution in [0.1, 0.15) is 28.4 Å². The van der Waals surface area contributed by atoms with Gasteiger partial charge in [0.25, 0.3) is 0 Å². The first-order valence-electron chi connectivity index (χ1n) is 10.1. The average Bonchev–Trinajstić information content (AvgIpc) is 3.32. The third-order valence-corrected chi connectivity index (χ3v) is 6.73. The molecule has 3 aliphatic heterocycles. The maximum atomic E-state index is 13.5. The number of Topliss-reactive ketones (excluding diaryl/α,β-unsaturated/α-hetero) is 1. The van der Waals surface area contributed by atoms with Crippen LogP contribution in [0.5, 0.6) is 0 Å². The van der Waals surface area contributed by atoms with Crippen molar-refractivity contribution in [3.05, 3.63) is 69.7 Å². The van der Waals surface area contributed by atoms with Gasteiger partial charge in [-0.25, -0.2) is 9.69 Å². The second-order valence-electron chi connectivity index (χ2n) is 7.97. The lowest BCUT2D eigenvalue weighted by atomic mass is 9.84. The summed E-state index contributed by atoms with van der Waals surface area (Å²) in [4.78, 5) is 39.8. The van der Waals surface area contributed by atoms with E-state index in [-0.39, 0.29) is 25.5 Å². The molecule has 160 valence electrons. The second-order valence-corrected chi connectivity index (χ2v) is 8.89. The first-order valence-corrected chi connectivity index (χ1v) is 10.9. The molecule has 2 aromatic carbocycles. The summed E-state index contributed by atoms with van der Waals surface area (Å²) in [6, 6.07) is 14.7. The van der Waals surface area contributed by atoms with E-state index in [1.807, 2.05) is 24.3 Å². The molecule has 2 bridgehead atoms. The third kappa shape index (κ3) is 3.12. The Balaban J connectivity index is 1.59. The van der Waals surface area contributed by atoms with Gasteiger partial charge in [0.2, 0.25) is 11.7 Å². The lowest BCUT2D eigenvalue weighted by Gasteiger charge is -2.38. The number of hydrogen-bond acceptors (Lipinski definition) is 6. The number of ether oxygens (including phenoxy) is 3. The highest BCUT2D eigenvalue weighted by Gasteiger charge is 2.65. The van der Waals surface area contributed by atoms with E-state index in [1.54, 1.807) is 31.2 Å². The van der Waals surface area contributed by atoms with E-state index >= 15 is 0 Å². The second kappa shape index (κ2) is 7.55. The topological polar surface area (TPSA) is 82.1 Å². The molecule has 31 heavy (non-hydrogen) atoms. The molecule has 3 heterocycles.